The average molecular weight is 386 g/mol. The van der Waals surface area contributed by atoms with Crippen molar-refractivity contribution in [2.45, 2.75) is 13.5 Å². The summed E-state index contributed by atoms with van der Waals surface area (Å²) in [6, 6.07) is 8.90. The number of hydrogen-bond donors (Lipinski definition) is 1. The number of pyridine rings is 1. The van der Waals surface area contributed by atoms with Crippen LogP contribution in [0.5, 0.6) is 5.75 Å². The van der Waals surface area contributed by atoms with Crippen LogP contribution < -0.4 is 10.1 Å². The van der Waals surface area contributed by atoms with Crippen molar-refractivity contribution in [3.63, 3.8) is 0 Å². The Morgan fingerprint density at radius 3 is 2.96 bits per heavy atom. The van der Waals surface area contributed by atoms with Gasteiger partial charge in [0.1, 0.15) is 12.4 Å². The summed E-state index contributed by atoms with van der Waals surface area (Å²) in [7, 11) is 0. The number of ether oxygens (including phenoxy) is 1. The minimum absolute atomic E-state index is 0.238. The first-order chi connectivity index (χ1) is 12.6. The highest BCUT2D eigenvalue weighted by atomic mass is 35.5. The Labute approximate surface area is 160 Å². The Morgan fingerprint density at radius 2 is 2.27 bits per heavy atom. The number of benzene rings is 1. The van der Waals surface area contributed by atoms with Crippen molar-refractivity contribution in [2.24, 2.45) is 0 Å². The van der Waals surface area contributed by atoms with Crippen molar-refractivity contribution < 1.29 is 9.53 Å². The number of nitrogens with one attached hydrogen (secondary N) is 1. The van der Waals surface area contributed by atoms with Gasteiger partial charge in [0.25, 0.3) is 0 Å². The number of carbonyl (C=O) groups is 1. The Balaban J connectivity index is 1.59. The highest BCUT2D eigenvalue weighted by Crippen LogP contribution is 2.28. The molecule has 1 amide bonds. The molecule has 0 radical (unpaired) electrons. The predicted octanol–water partition coefficient (Wildman–Crippen LogP) is 4.73. The zero-order valence-electron chi connectivity index (χ0n) is 14.0. The van der Waals surface area contributed by atoms with E-state index in [-0.39, 0.29) is 5.91 Å². The number of hydrogen-bond acceptors (Lipinski definition) is 5. The molecule has 0 aliphatic carbocycles. The van der Waals surface area contributed by atoms with Gasteiger partial charge in [-0.05, 0) is 37.3 Å². The quantitative estimate of drug-likeness (QED) is 0.623. The molecule has 5 nitrogen and oxygen atoms in total. The summed E-state index contributed by atoms with van der Waals surface area (Å²) in [5, 5.41) is 3.20. The fraction of sp³-hybridized carbons (Fsp3) is 0.105. The molecular formula is C19H16ClN3O2S. The number of aromatic nitrogens is 2. The molecule has 7 heteroatoms. The van der Waals surface area contributed by atoms with E-state index >= 15 is 0 Å². The van der Waals surface area contributed by atoms with Gasteiger partial charge in [-0.2, -0.15) is 0 Å². The van der Waals surface area contributed by atoms with E-state index in [0.29, 0.717) is 23.1 Å². The van der Waals surface area contributed by atoms with Gasteiger partial charge in [0.2, 0.25) is 5.91 Å². The molecule has 0 fully saturated rings. The molecular weight excluding hydrogens is 370 g/mol. The number of rotatable bonds is 6. The second-order valence-corrected chi connectivity index (χ2v) is 6.71. The Kier molecular flexibility index (Phi) is 5.99. The van der Waals surface area contributed by atoms with Gasteiger partial charge in [-0.3, -0.25) is 9.78 Å². The number of carbonyl (C=O) groups excluding carboxylic acids is 1. The summed E-state index contributed by atoms with van der Waals surface area (Å²) in [6.45, 7) is 2.27. The third-order valence-electron chi connectivity index (χ3n) is 3.49. The molecule has 0 aliphatic rings. The molecule has 0 atom stereocenters. The van der Waals surface area contributed by atoms with Crippen LogP contribution >= 0.6 is 22.9 Å². The van der Waals surface area contributed by atoms with E-state index in [2.05, 4.69) is 15.3 Å². The standard InChI is InChI=1S/C19H16ClN3O2S/c1-13-18(26-12-22-13)6-7-19(24)23-15-4-5-17(16(20)9-15)25-11-14-3-2-8-21-10-14/h2-10,12H,11H2,1H3,(H,23,24)/b7-6+. The number of amides is 1. The van der Waals surface area contributed by atoms with Crippen LogP contribution in [0.25, 0.3) is 6.08 Å². The summed E-state index contributed by atoms with van der Waals surface area (Å²) in [6.07, 6.45) is 6.66. The fourth-order valence-corrected chi connectivity index (χ4v) is 3.08. The SMILES string of the molecule is Cc1ncsc1/C=C/C(=O)Nc1ccc(OCc2cccnc2)c(Cl)c1. The molecule has 1 aromatic carbocycles. The molecule has 26 heavy (non-hydrogen) atoms. The van der Waals surface area contributed by atoms with Crippen LogP contribution in [0.1, 0.15) is 16.1 Å². The van der Waals surface area contributed by atoms with Gasteiger partial charge in [-0.25, -0.2) is 4.98 Å². The lowest BCUT2D eigenvalue weighted by Crippen LogP contribution is -2.07. The first-order valence-corrected chi connectivity index (χ1v) is 9.08. The summed E-state index contributed by atoms with van der Waals surface area (Å²) in [5.74, 6) is 0.308. The summed E-state index contributed by atoms with van der Waals surface area (Å²) >= 11 is 7.73. The van der Waals surface area contributed by atoms with E-state index in [1.165, 1.54) is 17.4 Å². The van der Waals surface area contributed by atoms with E-state index in [1.807, 2.05) is 19.1 Å². The van der Waals surface area contributed by atoms with Gasteiger partial charge >= 0.3 is 0 Å². The van der Waals surface area contributed by atoms with Gasteiger partial charge in [0, 0.05) is 34.6 Å². The molecule has 3 aromatic rings. The molecule has 0 spiro atoms. The maximum absolute atomic E-state index is 12.0. The summed E-state index contributed by atoms with van der Waals surface area (Å²) in [4.78, 5) is 21.2. The lowest BCUT2D eigenvalue weighted by atomic mass is 10.2. The molecule has 2 aromatic heterocycles. The van der Waals surface area contributed by atoms with Crippen LogP contribution in [-0.2, 0) is 11.4 Å². The van der Waals surface area contributed by atoms with E-state index < -0.39 is 0 Å². The lowest BCUT2D eigenvalue weighted by molar-refractivity contribution is -0.111. The van der Waals surface area contributed by atoms with Crippen molar-refractivity contribution in [3.05, 3.63) is 75.5 Å². The van der Waals surface area contributed by atoms with Gasteiger partial charge in [0.05, 0.1) is 16.2 Å². The number of anilines is 1. The number of halogens is 1. The topological polar surface area (TPSA) is 64.1 Å². The first kappa shape index (κ1) is 18.1. The van der Waals surface area contributed by atoms with Crippen LogP contribution in [-0.4, -0.2) is 15.9 Å². The largest absolute Gasteiger partial charge is 0.487 e. The molecule has 0 saturated carbocycles. The first-order valence-electron chi connectivity index (χ1n) is 7.82. The van der Waals surface area contributed by atoms with Gasteiger partial charge < -0.3 is 10.1 Å². The van der Waals surface area contributed by atoms with Crippen LogP contribution in [0.2, 0.25) is 5.02 Å². The average Bonchev–Trinajstić information content (AvgIpc) is 3.05. The van der Waals surface area contributed by atoms with Gasteiger partial charge in [-0.15, -0.1) is 11.3 Å². The number of thiazole rings is 1. The monoisotopic (exact) mass is 385 g/mol. The molecule has 2 heterocycles. The Morgan fingerprint density at radius 1 is 1.38 bits per heavy atom. The van der Waals surface area contributed by atoms with Crippen molar-refractivity contribution >= 4 is 40.6 Å². The van der Waals surface area contributed by atoms with Crippen molar-refractivity contribution in [3.8, 4) is 5.75 Å². The lowest BCUT2D eigenvalue weighted by Gasteiger charge is -2.10. The number of aryl methyl sites for hydroxylation is 1. The van der Waals surface area contributed by atoms with Crippen LogP contribution in [0.4, 0.5) is 5.69 Å². The second kappa shape index (κ2) is 8.60. The highest BCUT2D eigenvalue weighted by molar-refractivity contribution is 7.10. The maximum Gasteiger partial charge on any atom is 0.248 e. The smallest absolute Gasteiger partial charge is 0.248 e. The van der Waals surface area contributed by atoms with Gasteiger partial charge in [0.15, 0.2) is 0 Å². The van der Waals surface area contributed by atoms with E-state index in [0.717, 1.165) is 16.1 Å². The third kappa shape index (κ3) is 4.91. The molecule has 0 unspecified atom stereocenters. The number of nitrogens with zero attached hydrogens (tertiary/aromatic N) is 2. The third-order valence-corrected chi connectivity index (χ3v) is 4.68. The zero-order valence-corrected chi connectivity index (χ0v) is 15.6. The fourth-order valence-electron chi connectivity index (χ4n) is 2.15. The van der Waals surface area contributed by atoms with E-state index in [4.69, 9.17) is 16.3 Å². The maximum atomic E-state index is 12.0. The molecule has 0 saturated heterocycles. The van der Waals surface area contributed by atoms with E-state index in [9.17, 15) is 4.79 Å². The van der Waals surface area contributed by atoms with Crippen LogP contribution in [0.3, 0.4) is 0 Å². The Bertz CT molecular complexity index is 926. The Hall–Kier alpha value is -2.70. The van der Waals surface area contributed by atoms with Crippen molar-refractivity contribution in [1.29, 1.82) is 0 Å². The molecule has 132 valence electrons. The van der Waals surface area contributed by atoms with Crippen LogP contribution in [0, 0.1) is 6.92 Å². The minimum Gasteiger partial charge on any atom is -0.487 e. The van der Waals surface area contributed by atoms with Crippen LogP contribution in [0.15, 0.2) is 54.3 Å². The normalized spacial score (nSPS) is 10.8. The predicted molar refractivity (Wildman–Crippen MR) is 105 cm³/mol. The van der Waals surface area contributed by atoms with E-state index in [1.54, 1.807) is 42.2 Å². The molecule has 0 bridgehead atoms. The molecule has 0 aliphatic heterocycles. The molecule has 1 N–H and O–H groups in total. The minimum atomic E-state index is -0.238. The highest BCUT2D eigenvalue weighted by Gasteiger charge is 2.06. The summed E-state index contributed by atoms with van der Waals surface area (Å²) in [5.41, 5.74) is 4.19. The zero-order chi connectivity index (χ0) is 18.4. The second-order valence-electron chi connectivity index (χ2n) is 5.42. The van der Waals surface area contributed by atoms with Gasteiger partial charge in [-0.1, -0.05) is 17.7 Å². The van der Waals surface area contributed by atoms with Crippen molar-refractivity contribution in [1.82, 2.24) is 9.97 Å². The molecule has 3 rings (SSSR count). The van der Waals surface area contributed by atoms with Crippen molar-refractivity contribution in [2.75, 3.05) is 5.32 Å². The summed E-state index contributed by atoms with van der Waals surface area (Å²) < 4.78 is 5.69.